The van der Waals surface area contributed by atoms with Crippen molar-refractivity contribution in [3.63, 3.8) is 0 Å². The summed E-state index contributed by atoms with van der Waals surface area (Å²) in [4.78, 5) is 9.44. The van der Waals surface area contributed by atoms with Gasteiger partial charge in [0.1, 0.15) is 5.78 Å². The van der Waals surface area contributed by atoms with E-state index in [0.717, 1.165) is 35.8 Å². The monoisotopic (exact) mass is 627 g/mol. The minimum Gasteiger partial charge on any atom is -0.394 e. The summed E-state index contributed by atoms with van der Waals surface area (Å²) in [6.45, 7) is 17.3. The standard InChI is InChI=1S/C20H24Cl3NO.C8H18.C4H8.C3H6O/c1-3-10-20(2,15-6-9-17(22)18(23)11-15)13-24-19(12-25)14-4-7-16(21)8-5-14;1-4-6-8(3)7-5-2;1-4-2-3-4;1-3(2)4/h4-9,11,19,24-25H,3,10,12-13H2,1-2H3;8H,4-7H2,1-3H3;4H,2-3H2,1H3;1-2H3/t19-,20?;;;/m0.../s1. The second-order valence-electron chi connectivity index (χ2n) is 11.9. The molecule has 2 aromatic rings. The highest BCUT2D eigenvalue weighted by Crippen LogP contribution is 2.33. The second kappa shape index (κ2) is 22.4. The fraction of sp³-hybridized carbons (Fsp3) is 0.629. The molecule has 0 heterocycles. The molecule has 1 aliphatic carbocycles. The van der Waals surface area contributed by atoms with Crippen molar-refractivity contribution in [1.29, 1.82) is 0 Å². The maximum Gasteiger partial charge on any atom is 0.126 e. The van der Waals surface area contributed by atoms with Crippen LogP contribution >= 0.6 is 34.8 Å². The lowest BCUT2D eigenvalue weighted by atomic mass is 9.78. The van der Waals surface area contributed by atoms with Crippen molar-refractivity contribution in [2.45, 2.75) is 118 Å². The molecule has 0 spiro atoms. The summed E-state index contributed by atoms with van der Waals surface area (Å²) < 4.78 is 0. The van der Waals surface area contributed by atoms with Crippen LogP contribution in [0.4, 0.5) is 0 Å². The number of carbonyl (C=O) groups is 1. The maximum absolute atomic E-state index is 9.79. The van der Waals surface area contributed by atoms with Crippen molar-refractivity contribution >= 4 is 40.6 Å². The highest BCUT2D eigenvalue weighted by molar-refractivity contribution is 6.42. The number of hydrogen-bond acceptors (Lipinski definition) is 3. The quantitative estimate of drug-likeness (QED) is 0.246. The first-order valence-electron chi connectivity index (χ1n) is 15.4. The molecule has 0 radical (unpaired) electrons. The van der Waals surface area contributed by atoms with Gasteiger partial charge in [0.15, 0.2) is 0 Å². The molecule has 234 valence electrons. The van der Waals surface area contributed by atoms with Crippen molar-refractivity contribution in [3.05, 3.63) is 68.7 Å². The van der Waals surface area contributed by atoms with E-state index in [2.05, 4.69) is 46.9 Å². The van der Waals surface area contributed by atoms with Gasteiger partial charge in [-0.05, 0) is 67.5 Å². The fourth-order valence-corrected chi connectivity index (χ4v) is 4.81. The average Bonchev–Trinajstić information content (AvgIpc) is 3.70. The Bertz CT molecular complexity index is 952. The highest BCUT2D eigenvalue weighted by atomic mass is 35.5. The summed E-state index contributed by atoms with van der Waals surface area (Å²) in [6, 6.07) is 13.2. The average molecular weight is 629 g/mol. The van der Waals surface area contributed by atoms with Crippen molar-refractivity contribution in [2.24, 2.45) is 11.8 Å². The van der Waals surface area contributed by atoms with Gasteiger partial charge < -0.3 is 15.2 Å². The van der Waals surface area contributed by atoms with E-state index in [1.807, 2.05) is 42.5 Å². The molecule has 3 nitrogen and oxygen atoms in total. The molecular weight excluding hydrogens is 573 g/mol. The molecule has 2 N–H and O–H groups in total. The van der Waals surface area contributed by atoms with Crippen molar-refractivity contribution in [3.8, 4) is 0 Å². The molecule has 2 atom stereocenters. The number of rotatable bonds is 12. The van der Waals surface area contributed by atoms with Crippen molar-refractivity contribution in [1.82, 2.24) is 5.32 Å². The van der Waals surface area contributed by atoms with E-state index < -0.39 is 0 Å². The van der Waals surface area contributed by atoms with Crippen LogP contribution in [-0.4, -0.2) is 24.0 Å². The Labute approximate surface area is 266 Å². The molecule has 1 unspecified atom stereocenters. The number of carbonyl (C=O) groups excluding carboxylic acids is 1. The Kier molecular flexibility index (Phi) is 21.8. The van der Waals surface area contributed by atoms with Crippen LogP contribution in [0.15, 0.2) is 42.5 Å². The lowest BCUT2D eigenvalue weighted by molar-refractivity contribution is -0.115. The molecule has 0 aromatic heterocycles. The number of aliphatic hydroxyl groups excluding tert-OH is 1. The molecule has 0 bridgehead atoms. The van der Waals surface area contributed by atoms with Crippen LogP contribution < -0.4 is 5.32 Å². The molecule has 6 heteroatoms. The Morgan fingerprint density at radius 2 is 1.46 bits per heavy atom. The Balaban J connectivity index is 0.000000811. The van der Waals surface area contributed by atoms with Gasteiger partial charge in [0, 0.05) is 17.0 Å². The SMILES string of the molecule is CC(C)=O.CC1CC1.CCCC(C)(CN[C@@H](CO)c1ccc(Cl)cc1)c1ccc(Cl)c(Cl)c1.CCCC(C)CCC. The zero-order chi connectivity index (χ0) is 31.4. The molecule has 3 rings (SSSR count). The topological polar surface area (TPSA) is 49.3 Å². The van der Waals surface area contributed by atoms with E-state index in [1.165, 1.54) is 52.4 Å². The number of aliphatic hydroxyl groups is 1. The number of benzene rings is 2. The van der Waals surface area contributed by atoms with Gasteiger partial charge in [-0.3, -0.25) is 0 Å². The lowest BCUT2D eigenvalue weighted by Gasteiger charge is -2.32. The van der Waals surface area contributed by atoms with Gasteiger partial charge in [-0.2, -0.15) is 0 Å². The van der Waals surface area contributed by atoms with Gasteiger partial charge in [0.05, 0.1) is 22.7 Å². The summed E-state index contributed by atoms with van der Waals surface area (Å²) in [5.74, 6) is 2.21. The van der Waals surface area contributed by atoms with Crippen molar-refractivity contribution in [2.75, 3.05) is 13.2 Å². The zero-order valence-corrected chi connectivity index (χ0v) is 29.1. The molecule has 0 amide bonds. The number of nitrogens with one attached hydrogen (secondary N) is 1. The molecule has 1 fully saturated rings. The summed E-state index contributed by atoms with van der Waals surface area (Å²) in [6.07, 6.45) is 10.5. The lowest BCUT2D eigenvalue weighted by Crippen LogP contribution is -2.38. The van der Waals surface area contributed by atoms with E-state index in [4.69, 9.17) is 34.8 Å². The van der Waals surface area contributed by atoms with E-state index in [1.54, 1.807) is 0 Å². The number of Topliss-reactive ketones (excluding diaryl/α,β-unsaturated/α-hetero) is 1. The van der Waals surface area contributed by atoms with Gasteiger partial charge in [-0.25, -0.2) is 0 Å². The molecule has 1 saturated carbocycles. The van der Waals surface area contributed by atoms with E-state index in [-0.39, 0.29) is 23.8 Å². The van der Waals surface area contributed by atoms with Gasteiger partial charge in [-0.15, -0.1) is 0 Å². The van der Waals surface area contributed by atoms with E-state index in [0.29, 0.717) is 21.6 Å². The van der Waals surface area contributed by atoms with Gasteiger partial charge in [0.25, 0.3) is 0 Å². The Morgan fingerprint density at radius 3 is 1.85 bits per heavy atom. The smallest absolute Gasteiger partial charge is 0.126 e. The third-order valence-corrected chi connectivity index (χ3v) is 8.03. The zero-order valence-electron chi connectivity index (χ0n) is 26.8. The van der Waals surface area contributed by atoms with Crippen LogP contribution in [0.25, 0.3) is 0 Å². The first-order chi connectivity index (χ1) is 19.3. The third kappa shape index (κ3) is 18.9. The fourth-order valence-electron chi connectivity index (χ4n) is 4.39. The molecule has 41 heavy (non-hydrogen) atoms. The van der Waals surface area contributed by atoms with E-state index >= 15 is 0 Å². The van der Waals surface area contributed by atoms with Crippen LogP contribution in [0.3, 0.4) is 0 Å². The Hall–Kier alpha value is -1.10. The predicted octanol–water partition coefficient (Wildman–Crippen LogP) is 11.3. The summed E-state index contributed by atoms with van der Waals surface area (Å²) in [7, 11) is 0. The van der Waals surface area contributed by atoms with Gasteiger partial charge >= 0.3 is 0 Å². The largest absolute Gasteiger partial charge is 0.394 e. The van der Waals surface area contributed by atoms with Gasteiger partial charge in [-0.1, -0.05) is 139 Å². The summed E-state index contributed by atoms with van der Waals surface area (Å²) in [5.41, 5.74) is 2.05. The minimum absolute atomic E-state index is 0.0191. The van der Waals surface area contributed by atoms with Crippen LogP contribution in [0, 0.1) is 11.8 Å². The first-order valence-corrected chi connectivity index (χ1v) is 16.5. The Morgan fingerprint density at radius 1 is 0.951 bits per heavy atom. The van der Waals surface area contributed by atoms with Crippen LogP contribution in [0.5, 0.6) is 0 Å². The van der Waals surface area contributed by atoms with Crippen LogP contribution in [0.1, 0.15) is 124 Å². The second-order valence-corrected chi connectivity index (χ2v) is 13.1. The predicted molar refractivity (Wildman–Crippen MR) is 182 cm³/mol. The van der Waals surface area contributed by atoms with Crippen LogP contribution in [-0.2, 0) is 10.2 Å². The molecule has 2 aromatic carbocycles. The molecule has 0 saturated heterocycles. The minimum atomic E-state index is -0.142. The number of halogens is 3. The van der Waals surface area contributed by atoms with E-state index in [9.17, 15) is 9.90 Å². The van der Waals surface area contributed by atoms with Crippen LogP contribution in [0.2, 0.25) is 15.1 Å². The summed E-state index contributed by atoms with van der Waals surface area (Å²) >= 11 is 18.2. The molecule has 0 aliphatic heterocycles. The van der Waals surface area contributed by atoms with Crippen molar-refractivity contribution < 1.29 is 9.90 Å². The third-order valence-electron chi connectivity index (χ3n) is 7.04. The number of hydrogen-bond donors (Lipinski definition) is 2. The van der Waals surface area contributed by atoms with Gasteiger partial charge in [0.2, 0.25) is 0 Å². The maximum atomic E-state index is 9.79. The highest BCUT2D eigenvalue weighted by Gasteiger charge is 2.27. The normalized spacial score (nSPS) is 14.4. The molecule has 1 aliphatic rings. The molecular formula is C35H56Cl3NO2. The number of ketones is 1. The summed E-state index contributed by atoms with van der Waals surface area (Å²) in [5, 5.41) is 15.1. The first kappa shape index (κ1) is 39.9.